The van der Waals surface area contributed by atoms with Gasteiger partial charge in [-0.05, 0) is 44.2 Å². The van der Waals surface area contributed by atoms with Gasteiger partial charge in [0.25, 0.3) is 5.91 Å². The van der Waals surface area contributed by atoms with E-state index >= 15 is 0 Å². The number of nitrogens with zero attached hydrogens (tertiary/aromatic N) is 1. The lowest BCUT2D eigenvalue weighted by atomic mass is 9.85. The van der Waals surface area contributed by atoms with E-state index in [4.69, 9.17) is 9.57 Å². The number of rotatable bonds is 9. The molecule has 1 N–H and O–H groups in total. The van der Waals surface area contributed by atoms with Gasteiger partial charge in [-0.25, -0.2) is 5.06 Å². The molecule has 0 radical (unpaired) electrons. The molecule has 0 aromatic heterocycles. The highest BCUT2D eigenvalue weighted by Crippen LogP contribution is 2.31. The average Bonchev–Trinajstić information content (AvgIpc) is 3.34. The maximum Gasteiger partial charge on any atom is 0.250 e. The van der Waals surface area contributed by atoms with Gasteiger partial charge in [-0.3, -0.25) is 14.4 Å². The Morgan fingerprint density at radius 2 is 2.00 bits per heavy atom. The van der Waals surface area contributed by atoms with Gasteiger partial charge >= 0.3 is 0 Å². The largest absolute Gasteiger partial charge is 0.379 e. The summed E-state index contributed by atoms with van der Waals surface area (Å²) in [7, 11) is 1.67. The van der Waals surface area contributed by atoms with Crippen molar-refractivity contribution in [3.05, 3.63) is 48.0 Å². The van der Waals surface area contributed by atoms with Crippen LogP contribution < -0.4 is 5.32 Å². The summed E-state index contributed by atoms with van der Waals surface area (Å²) in [6, 6.07) is 10.1. The van der Waals surface area contributed by atoms with Crippen molar-refractivity contribution >= 4 is 11.7 Å². The molecular weight excluding hydrogens is 392 g/mol. The lowest BCUT2D eigenvalue weighted by Crippen LogP contribution is -2.51. The van der Waals surface area contributed by atoms with E-state index in [2.05, 4.69) is 11.4 Å². The number of ketones is 1. The van der Waals surface area contributed by atoms with E-state index in [0.717, 1.165) is 37.8 Å². The first-order valence-corrected chi connectivity index (χ1v) is 11.6. The molecule has 6 nitrogen and oxygen atoms in total. The quantitative estimate of drug-likeness (QED) is 0.615. The molecule has 5 rings (SSSR count). The number of Topliss-reactive ketones (excluding diaryl/α,β-unsaturated/α-hetero) is 1. The smallest absolute Gasteiger partial charge is 0.250 e. The molecular formula is C25H34N2O4. The van der Waals surface area contributed by atoms with Crippen molar-refractivity contribution in [1.29, 1.82) is 0 Å². The highest BCUT2D eigenvalue weighted by atomic mass is 16.7. The maximum absolute atomic E-state index is 13.5. The summed E-state index contributed by atoms with van der Waals surface area (Å²) < 4.78 is 5.72. The molecule has 0 spiro atoms. The molecule has 6 heteroatoms. The fourth-order valence-corrected chi connectivity index (χ4v) is 5.15. The monoisotopic (exact) mass is 426 g/mol. The van der Waals surface area contributed by atoms with E-state index in [1.807, 2.05) is 43.3 Å². The number of ether oxygens (including phenoxy) is 1. The van der Waals surface area contributed by atoms with Crippen LogP contribution in [0.4, 0.5) is 0 Å². The van der Waals surface area contributed by atoms with Crippen LogP contribution in [0.2, 0.25) is 0 Å². The predicted molar refractivity (Wildman–Crippen MR) is 118 cm³/mol. The summed E-state index contributed by atoms with van der Waals surface area (Å²) in [5.74, 6) is -0.728. The second-order valence-electron chi connectivity index (χ2n) is 9.09. The van der Waals surface area contributed by atoms with E-state index in [9.17, 15) is 9.59 Å². The summed E-state index contributed by atoms with van der Waals surface area (Å²) in [5.41, 5.74) is 1.06. The number of benzene rings is 1. The minimum atomic E-state index is -0.445. The molecule has 1 aromatic carbocycles. The molecule has 2 fully saturated rings. The maximum atomic E-state index is 13.5. The molecule has 2 unspecified atom stereocenters. The van der Waals surface area contributed by atoms with Crippen LogP contribution in [0.15, 0.2) is 42.5 Å². The van der Waals surface area contributed by atoms with Gasteiger partial charge in [-0.15, -0.1) is 0 Å². The number of carbonyl (C=O) groups is 2. The number of carbonyl (C=O) groups excluding carboxylic acids is 2. The van der Waals surface area contributed by atoms with Crippen molar-refractivity contribution in [1.82, 2.24) is 10.4 Å². The molecule has 2 saturated heterocycles. The third-order valence-corrected chi connectivity index (χ3v) is 6.95. The van der Waals surface area contributed by atoms with Crippen molar-refractivity contribution in [2.75, 3.05) is 13.7 Å². The second kappa shape index (κ2) is 10.1. The third-order valence-electron chi connectivity index (χ3n) is 6.95. The molecule has 0 saturated carbocycles. The van der Waals surface area contributed by atoms with E-state index in [0.29, 0.717) is 6.42 Å². The van der Waals surface area contributed by atoms with E-state index < -0.39 is 5.92 Å². The number of hydrogen-bond donors (Lipinski definition) is 1. The van der Waals surface area contributed by atoms with E-state index in [1.165, 1.54) is 5.06 Å². The van der Waals surface area contributed by atoms with Crippen LogP contribution in [0, 0.1) is 11.8 Å². The molecule has 168 valence electrons. The Morgan fingerprint density at radius 3 is 2.58 bits per heavy atom. The first-order chi connectivity index (χ1) is 15.1. The molecule has 3 aliphatic heterocycles. The second-order valence-corrected chi connectivity index (χ2v) is 9.09. The van der Waals surface area contributed by atoms with Crippen LogP contribution in [0.5, 0.6) is 0 Å². The number of methoxy groups -OCH3 is 1. The number of hydrogen-bond acceptors (Lipinski definition) is 5. The van der Waals surface area contributed by atoms with Gasteiger partial charge in [0.05, 0.1) is 18.1 Å². The summed E-state index contributed by atoms with van der Waals surface area (Å²) in [4.78, 5) is 32.7. The first kappa shape index (κ1) is 22.2. The predicted octanol–water partition coefficient (Wildman–Crippen LogP) is 3.07. The fourth-order valence-electron chi connectivity index (χ4n) is 5.15. The Balaban J connectivity index is 1.49. The Kier molecular flexibility index (Phi) is 7.20. The number of fused-ring (bicyclic) bond motifs is 2. The van der Waals surface area contributed by atoms with Crippen LogP contribution in [-0.2, 0) is 25.6 Å². The molecule has 1 aliphatic carbocycles. The van der Waals surface area contributed by atoms with Crippen molar-refractivity contribution in [2.24, 2.45) is 11.8 Å². The number of hydroxylamine groups is 2. The zero-order valence-corrected chi connectivity index (χ0v) is 18.5. The Bertz CT molecular complexity index is 790. The Hall–Kier alpha value is -2.02. The van der Waals surface area contributed by atoms with Crippen LogP contribution in [0.25, 0.3) is 0 Å². The zero-order valence-electron chi connectivity index (χ0n) is 18.5. The number of amides is 1. The van der Waals surface area contributed by atoms with Crippen molar-refractivity contribution < 1.29 is 19.2 Å². The summed E-state index contributed by atoms with van der Waals surface area (Å²) >= 11 is 0. The van der Waals surface area contributed by atoms with Crippen LogP contribution >= 0.6 is 0 Å². The molecule has 4 aliphatic rings. The average molecular weight is 427 g/mol. The van der Waals surface area contributed by atoms with Crippen molar-refractivity contribution in [3.8, 4) is 0 Å². The third kappa shape index (κ3) is 5.08. The van der Waals surface area contributed by atoms with Gasteiger partial charge in [-0.1, -0.05) is 49.4 Å². The standard InChI is InChI=1S/C25H34N2O4/c1-17(24(30-2)22-9-6-14-26-22)23(28)16-19(15-18-7-4-3-5-8-18)25(29)27-20-10-12-21(31-27)13-11-20/h3-5,7-8,10,12,17,19-22,24,26H,6,9,11,13-16H2,1-2H3/t17-,19+,20?,21?,22-,24+/m0/s1. The van der Waals surface area contributed by atoms with E-state index in [1.54, 1.807) is 7.11 Å². The van der Waals surface area contributed by atoms with Gasteiger partial charge in [0.15, 0.2) is 0 Å². The lowest BCUT2D eigenvalue weighted by Gasteiger charge is -2.41. The molecule has 2 bridgehead atoms. The van der Waals surface area contributed by atoms with Gasteiger partial charge < -0.3 is 10.1 Å². The van der Waals surface area contributed by atoms with Gasteiger partial charge in [0, 0.05) is 25.5 Å². The first-order valence-electron chi connectivity index (χ1n) is 11.6. The Labute approximate surface area is 184 Å². The van der Waals surface area contributed by atoms with Crippen LogP contribution in [0.1, 0.15) is 44.6 Å². The molecule has 6 atom stereocenters. The Morgan fingerprint density at radius 1 is 1.19 bits per heavy atom. The summed E-state index contributed by atoms with van der Waals surface area (Å²) in [5, 5.41) is 4.98. The lowest BCUT2D eigenvalue weighted by molar-refractivity contribution is -0.234. The highest BCUT2D eigenvalue weighted by molar-refractivity contribution is 5.88. The van der Waals surface area contributed by atoms with Crippen LogP contribution in [0.3, 0.4) is 0 Å². The molecule has 1 aromatic rings. The van der Waals surface area contributed by atoms with Gasteiger partial charge in [0.2, 0.25) is 0 Å². The molecule has 1 amide bonds. The van der Waals surface area contributed by atoms with E-state index in [-0.39, 0.29) is 48.3 Å². The number of nitrogens with one attached hydrogen (secondary N) is 1. The molecule has 31 heavy (non-hydrogen) atoms. The van der Waals surface area contributed by atoms with Gasteiger partial charge in [0.1, 0.15) is 11.9 Å². The minimum Gasteiger partial charge on any atom is -0.379 e. The normalized spacial score (nSPS) is 27.8. The zero-order chi connectivity index (χ0) is 21.8. The summed E-state index contributed by atoms with van der Waals surface area (Å²) in [6.45, 7) is 2.89. The van der Waals surface area contributed by atoms with Crippen molar-refractivity contribution in [3.63, 3.8) is 0 Å². The highest BCUT2D eigenvalue weighted by Gasteiger charge is 2.40. The van der Waals surface area contributed by atoms with Crippen LogP contribution in [-0.4, -0.2) is 54.7 Å². The minimum absolute atomic E-state index is 0.0299. The fraction of sp³-hybridized carbons (Fsp3) is 0.600. The SMILES string of the molecule is CO[C@@H]([C@@H]1CCCN1)[C@@H](C)C(=O)C[C@@H](Cc1ccccc1)C(=O)N1OC2C=CC1CC2. The molecule has 3 heterocycles. The summed E-state index contributed by atoms with van der Waals surface area (Å²) in [6.07, 6.45) is 8.58. The van der Waals surface area contributed by atoms with Gasteiger partial charge in [-0.2, -0.15) is 0 Å². The van der Waals surface area contributed by atoms with Crippen molar-refractivity contribution in [2.45, 2.75) is 69.7 Å². The topological polar surface area (TPSA) is 67.9 Å².